The highest BCUT2D eigenvalue weighted by Crippen LogP contribution is 2.10. The normalized spacial score (nSPS) is 12.4. The molecule has 1 atom stereocenters. The molecule has 0 spiro atoms. The maximum atomic E-state index is 11.8. The van der Waals surface area contributed by atoms with Crippen molar-refractivity contribution in [2.45, 2.75) is 64.9 Å². The van der Waals surface area contributed by atoms with Crippen molar-refractivity contribution in [3.05, 3.63) is 12.2 Å². The van der Waals surface area contributed by atoms with Crippen molar-refractivity contribution in [2.75, 3.05) is 6.61 Å². The van der Waals surface area contributed by atoms with E-state index in [-0.39, 0.29) is 31.1 Å². The lowest BCUT2D eigenvalue weighted by Crippen LogP contribution is -2.32. The summed E-state index contributed by atoms with van der Waals surface area (Å²) in [5.41, 5.74) is 2.32. The van der Waals surface area contributed by atoms with Crippen LogP contribution in [0.5, 0.6) is 0 Å². The number of hydrazine groups is 1. The predicted octanol–water partition coefficient (Wildman–Crippen LogP) is 1.50. The van der Waals surface area contributed by atoms with Crippen molar-refractivity contribution < 1.29 is 19.1 Å². The Labute approximate surface area is 143 Å². The number of hydrogen-bond donors (Lipinski definition) is 3. The molecule has 0 heterocycles. The molecule has 0 aliphatic rings. The van der Waals surface area contributed by atoms with Crippen molar-refractivity contribution >= 4 is 17.8 Å². The van der Waals surface area contributed by atoms with Crippen LogP contribution in [0.25, 0.3) is 0 Å². The van der Waals surface area contributed by atoms with Crippen LogP contribution in [0.3, 0.4) is 0 Å². The number of nitrogens with two attached hydrogens (primary N) is 2. The van der Waals surface area contributed by atoms with Crippen LogP contribution in [-0.2, 0) is 19.1 Å². The van der Waals surface area contributed by atoms with Crippen LogP contribution in [0.15, 0.2) is 17.3 Å². The summed E-state index contributed by atoms with van der Waals surface area (Å²) < 4.78 is 10.2. The van der Waals surface area contributed by atoms with Crippen LogP contribution in [0, 0.1) is 0 Å². The second-order valence-electron chi connectivity index (χ2n) is 5.54. The zero-order chi connectivity index (χ0) is 18.4. The van der Waals surface area contributed by atoms with E-state index in [4.69, 9.17) is 21.2 Å². The summed E-state index contributed by atoms with van der Waals surface area (Å²) in [4.78, 5) is 23.5. The van der Waals surface area contributed by atoms with Gasteiger partial charge in [-0.05, 0) is 19.8 Å². The van der Waals surface area contributed by atoms with Gasteiger partial charge >= 0.3 is 11.9 Å². The maximum Gasteiger partial charge on any atom is 0.334 e. The molecular formula is C16H30N4O4. The fourth-order valence-electron chi connectivity index (χ4n) is 1.95. The Bertz CT molecular complexity index is 438. The molecule has 0 fully saturated rings. The van der Waals surface area contributed by atoms with Gasteiger partial charge < -0.3 is 20.7 Å². The number of unbranched alkanes of at least 4 members (excludes halogenated alkanes) is 3. The molecule has 0 aromatic rings. The van der Waals surface area contributed by atoms with Gasteiger partial charge in [0.05, 0.1) is 19.1 Å². The smallest absolute Gasteiger partial charge is 0.334 e. The fourth-order valence-corrected chi connectivity index (χ4v) is 1.95. The number of hydrazone groups is 1. The highest BCUT2D eigenvalue weighted by molar-refractivity contribution is 5.93. The minimum atomic E-state index is -0.657. The lowest BCUT2D eigenvalue weighted by atomic mass is 10.1. The van der Waals surface area contributed by atoms with Gasteiger partial charge in [0, 0.05) is 12.0 Å². The third-order valence-corrected chi connectivity index (χ3v) is 3.34. The SMILES string of the molecule is C=C(CC(=O)OC(C)CCCCCC)C(=O)OCC/C(=N/N)NN. The molecule has 0 aromatic heterocycles. The molecule has 0 saturated carbocycles. The van der Waals surface area contributed by atoms with E-state index in [1.807, 2.05) is 6.92 Å². The Morgan fingerprint density at radius 2 is 2.00 bits per heavy atom. The minimum Gasteiger partial charge on any atom is -0.462 e. The number of carbonyl (C=O) groups is 2. The standard InChI is InChI=1S/C16H30N4O4/c1-4-5-6-7-8-13(3)24-15(21)11-12(2)16(22)23-10-9-14(19-17)20-18/h13H,2,4-11,17-18H2,1,3H3,(H,19,20). The molecule has 0 aliphatic carbocycles. The number of amidine groups is 1. The van der Waals surface area contributed by atoms with Crippen LogP contribution in [-0.4, -0.2) is 30.5 Å². The second kappa shape index (κ2) is 13.4. The monoisotopic (exact) mass is 342 g/mol. The Morgan fingerprint density at radius 1 is 1.29 bits per heavy atom. The van der Waals surface area contributed by atoms with Crippen LogP contribution >= 0.6 is 0 Å². The molecule has 8 heteroatoms. The minimum absolute atomic E-state index is 0.0287. The number of ether oxygens (including phenoxy) is 2. The predicted molar refractivity (Wildman–Crippen MR) is 92.6 cm³/mol. The van der Waals surface area contributed by atoms with E-state index in [0.717, 1.165) is 25.7 Å². The van der Waals surface area contributed by atoms with Crippen molar-refractivity contribution in [1.29, 1.82) is 0 Å². The summed E-state index contributed by atoms with van der Waals surface area (Å²) >= 11 is 0. The molecule has 0 aliphatic heterocycles. The highest BCUT2D eigenvalue weighted by atomic mass is 16.5. The Hall–Kier alpha value is -2.09. The molecule has 0 amide bonds. The van der Waals surface area contributed by atoms with E-state index in [2.05, 4.69) is 24.0 Å². The van der Waals surface area contributed by atoms with Gasteiger partial charge in [-0.3, -0.25) is 4.79 Å². The van der Waals surface area contributed by atoms with Gasteiger partial charge in [0.2, 0.25) is 0 Å². The Morgan fingerprint density at radius 3 is 2.58 bits per heavy atom. The van der Waals surface area contributed by atoms with E-state index in [1.54, 1.807) is 0 Å². The van der Waals surface area contributed by atoms with Crippen molar-refractivity contribution in [2.24, 2.45) is 16.8 Å². The lowest BCUT2D eigenvalue weighted by Gasteiger charge is -2.13. The fraction of sp³-hybridized carbons (Fsp3) is 0.688. The topological polar surface area (TPSA) is 129 Å². The maximum absolute atomic E-state index is 11.8. The average Bonchev–Trinajstić information content (AvgIpc) is 2.55. The zero-order valence-corrected chi connectivity index (χ0v) is 14.7. The average molecular weight is 342 g/mol. The van der Waals surface area contributed by atoms with Crippen LogP contribution in [0.4, 0.5) is 0 Å². The first kappa shape index (κ1) is 21.9. The summed E-state index contributed by atoms with van der Waals surface area (Å²) in [6.07, 6.45) is 5.19. The molecule has 24 heavy (non-hydrogen) atoms. The summed E-state index contributed by atoms with van der Waals surface area (Å²) in [6, 6.07) is 0. The van der Waals surface area contributed by atoms with Gasteiger partial charge in [-0.25, -0.2) is 10.6 Å². The molecule has 0 radical (unpaired) electrons. The van der Waals surface area contributed by atoms with Crippen LogP contribution in [0.2, 0.25) is 0 Å². The summed E-state index contributed by atoms with van der Waals surface area (Å²) in [5.74, 6) is 9.35. The number of rotatable bonds is 12. The number of nitrogens with one attached hydrogen (secondary N) is 1. The van der Waals surface area contributed by atoms with E-state index >= 15 is 0 Å². The van der Waals surface area contributed by atoms with Gasteiger partial charge in [0.1, 0.15) is 5.84 Å². The zero-order valence-electron chi connectivity index (χ0n) is 14.7. The van der Waals surface area contributed by atoms with Crippen molar-refractivity contribution in [3.8, 4) is 0 Å². The molecule has 138 valence electrons. The summed E-state index contributed by atoms with van der Waals surface area (Å²) in [6.45, 7) is 7.57. The van der Waals surface area contributed by atoms with Gasteiger partial charge in [-0.15, -0.1) is 0 Å². The molecule has 0 aromatic carbocycles. The number of nitrogens with zero attached hydrogens (tertiary/aromatic N) is 1. The van der Waals surface area contributed by atoms with Gasteiger partial charge in [0.15, 0.2) is 0 Å². The van der Waals surface area contributed by atoms with Gasteiger partial charge in [-0.1, -0.05) is 32.8 Å². The summed E-state index contributed by atoms with van der Waals surface area (Å²) in [5, 5.41) is 3.36. The molecule has 1 unspecified atom stereocenters. The Balaban J connectivity index is 3.99. The molecule has 5 N–H and O–H groups in total. The molecule has 0 rings (SSSR count). The van der Waals surface area contributed by atoms with Gasteiger partial charge in [0.25, 0.3) is 0 Å². The third-order valence-electron chi connectivity index (χ3n) is 3.34. The quantitative estimate of drug-likeness (QED) is 0.0932. The van der Waals surface area contributed by atoms with E-state index < -0.39 is 11.9 Å². The highest BCUT2D eigenvalue weighted by Gasteiger charge is 2.16. The molecule has 8 nitrogen and oxygen atoms in total. The summed E-state index contributed by atoms with van der Waals surface area (Å²) in [7, 11) is 0. The lowest BCUT2D eigenvalue weighted by molar-refractivity contribution is -0.150. The van der Waals surface area contributed by atoms with E-state index in [1.165, 1.54) is 6.42 Å². The third kappa shape index (κ3) is 10.6. The van der Waals surface area contributed by atoms with E-state index in [0.29, 0.717) is 5.84 Å². The number of carbonyl (C=O) groups excluding carboxylic acids is 2. The first-order valence-corrected chi connectivity index (χ1v) is 8.22. The second-order valence-corrected chi connectivity index (χ2v) is 5.54. The largest absolute Gasteiger partial charge is 0.462 e. The number of hydrogen-bond acceptors (Lipinski definition) is 7. The first-order chi connectivity index (χ1) is 11.4. The Kier molecular flexibility index (Phi) is 12.2. The van der Waals surface area contributed by atoms with Gasteiger partial charge in [-0.2, -0.15) is 5.10 Å². The van der Waals surface area contributed by atoms with Crippen molar-refractivity contribution in [3.63, 3.8) is 0 Å². The van der Waals surface area contributed by atoms with Crippen LogP contribution < -0.4 is 17.1 Å². The molecule has 0 bridgehead atoms. The van der Waals surface area contributed by atoms with E-state index in [9.17, 15) is 9.59 Å². The first-order valence-electron chi connectivity index (χ1n) is 8.22. The molecular weight excluding hydrogens is 312 g/mol. The van der Waals surface area contributed by atoms with Crippen LogP contribution in [0.1, 0.15) is 58.8 Å². The van der Waals surface area contributed by atoms with Crippen molar-refractivity contribution in [1.82, 2.24) is 5.43 Å². The molecule has 0 saturated heterocycles. The number of esters is 2.